The maximum Gasteiger partial charge on any atom is 0.248 e. The van der Waals surface area contributed by atoms with Crippen LogP contribution in [-0.2, 0) is 0 Å². The van der Waals surface area contributed by atoms with Crippen LogP contribution in [0.25, 0.3) is 6.08 Å². The molecule has 0 nitrogen and oxygen atoms in total. The number of hydrogen-bond donors (Lipinski definition) is 0. The lowest BCUT2D eigenvalue weighted by Gasteiger charge is -2.28. The molecule has 134 valence electrons. The van der Waals surface area contributed by atoms with Gasteiger partial charge in [-0.1, -0.05) is 75.4 Å². The average molecular weight is 334 g/mol. The summed E-state index contributed by atoms with van der Waals surface area (Å²) in [7, 11) is 0. The Morgan fingerprint density at radius 3 is 2.25 bits per heavy atom. The molecule has 1 aliphatic rings. The third-order valence-corrected chi connectivity index (χ3v) is 5.16. The van der Waals surface area contributed by atoms with Gasteiger partial charge in [0, 0.05) is 12.8 Å². The lowest BCUT2D eigenvalue weighted by molar-refractivity contribution is -0.0382. The van der Waals surface area contributed by atoms with Crippen LogP contribution in [0.5, 0.6) is 0 Å². The number of halogens is 2. The summed E-state index contributed by atoms with van der Waals surface area (Å²) in [6.45, 7) is 2.25. The van der Waals surface area contributed by atoms with Crippen molar-refractivity contribution in [1.82, 2.24) is 0 Å². The molecule has 0 aliphatic heterocycles. The molecule has 0 spiro atoms. The van der Waals surface area contributed by atoms with Gasteiger partial charge in [-0.15, -0.1) is 0 Å². The van der Waals surface area contributed by atoms with Crippen molar-refractivity contribution in [1.29, 1.82) is 0 Å². The molecule has 1 saturated carbocycles. The van der Waals surface area contributed by atoms with Crippen LogP contribution in [0.15, 0.2) is 30.3 Å². The molecule has 0 bridgehead atoms. The van der Waals surface area contributed by atoms with Crippen LogP contribution in [0.4, 0.5) is 8.78 Å². The Bertz CT molecular complexity index is 477. The molecule has 1 aromatic carbocycles. The van der Waals surface area contributed by atoms with Gasteiger partial charge in [-0.2, -0.15) is 0 Å². The van der Waals surface area contributed by atoms with Crippen molar-refractivity contribution in [3.8, 4) is 0 Å². The molecular formula is C22H32F2. The van der Waals surface area contributed by atoms with Crippen molar-refractivity contribution in [2.45, 2.75) is 89.4 Å². The van der Waals surface area contributed by atoms with Crippen LogP contribution in [0.3, 0.4) is 0 Å². The number of hydrogen-bond acceptors (Lipinski definition) is 0. The smallest absolute Gasteiger partial charge is 0.207 e. The molecular weight excluding hydrogens is 302 g/mol. The lowest BCUT2D eigenvalue weighted by Crippen LogP contribution is -2.23. The summed E-state index contributed by atoms with van der Waals surface area (Å²) in [5, 5.41) is 0. The minimum absolute atomic E-state index is 0.0393. The predicted molar refractivity (Wildman–Crippen MR) is 99.6 cm³/mol. The first-order chi connectivity index (χ1) is 11.6. The molecule has 0 aromatic heterocycles. The Morgan fingerprint density at radius 1 is 0.958 bits per heavy atom. The zero-order chi connectivity index (χ0) is 17.3. The number of rotatable bonds is 9. The zero-order valence-electron chi connectivity index (χ0n) is 15.1. The highest BCUT2D eigenvalue weighted by Crippen LogP contribution is 2.40. The summed E-state index contributed by atoms with van der Waals surface area (Å²) < 4.78 is 26.5. The van der Waals surface area contributed by atoms with Gasteiger partial charge in [-0.05, 0) is 42.7 Å². The molecule has 0 heterocycles. The number of allylic oxidation sites excluding steroid dienone is 1. The third-order valence-electron chi connectivity index (χ3n) is 5.16. The molecule has 0 radical (unpaired) electrons. The average Bonchev–Trinajstić information content (AvgIpc) is 2.58. The van der Waals surface area contributed by atoms with Crippen LogP contribution in [0.1, 0.15) is 94.6 Å². The van der Waals surface area contributed by atoms with Gasteiger partial charge < -0.3 is 0 Å². The second-order valence-electron chi connectivity index (χ2n) is 7.26. The lowest BCUT2D eigenvalue weighted by atomic mass is 9.82. The van der Waals surface area contributed by atoms with Crippen molar-refractivity contribution >= 4 is 6.08 Å². The van der Waals surface area contributed by atoms with Gasteiger partial charge >= 0.3 is 0 Å². The first kappa shape index (κ1) is 19.1. The minimum atomic E-state index is -2.43. The Labute approximate surface area is 146 Å². The highest BCUT2D eigenvalue weighted by Gasteiger charge is 2.35. The van der Waals surface area contributed by atoms with E-state index in [-0.39, 0.29) is 12.8 Å². The largest absolute Gasteiger partial charge is 0.248 e. The summed E-state index contributed by atoms with van der Waals surface area (Å²) in [6.07, 6.45) is 14.9. The highest BCUT2D eigenvalue weighted by atomic mass is 19.3. The zero-order valence-corrected chi connectivity index (χ0v) is 15.1. The highest BCUT2D eigenvalue weighted by molar-refractivity contribution is 5.49. The fourth-order valence-electron chi connectivity index (χ4n) is 3.51. The van der Waals surface area contributed by atoms with Crippen LogP contribution in [0.2, 0.25) is 0 Å². The predicted octanol–water partition coefficient (Wildman–Crippen LogP) is 7.74. The molecule has 1 aromatic rings. The Balaban J connectivity index is 1.69. The van der Waals surface area contributed by atoms with E-state index in [4.69, 9.17) is 0 Å². The van der Waals surface area contributed by atoms with Gasteiger partial charge in [-0.25, -0.2) is 8.78 Å². The van der Waals surface area contributed by atoms with E-state index in [9.17, 15) is 8.78 Å². The molecule has 24 heavy (non-hydrogen) atoms. The second kappa shape index (κ2) is 9.96. The summed E-state index contributed by atoms with van der Waals surface area (Å²) in [5.74, 6) is -2.12. The molecule has 0 amide bonds. The van der Waals surface area contributed by atoms with Crippen LogP contribution in [0, 0.1) is 0 Å². The summed E-state index contributed by atoms with van der Waals surface area (Å²) in [4.78, 5) is 0. The summed E-state index contributed by atoms with van der Waals surface area (Å²) >= 11 is 0. The van der Waals surface area contributed by atoms with Crippen molar-refractivity contribution < 1.29 is 8.78 Å². The molecule has 2 heteroatoms. The maximum absolute atomic E-state index is 13.2. The van der Waals surface area contributed by atoms with Gasteiger partial charge in [0.05, 0.1) is 0 Å². The second-order valence-corrected chi connectivity index (χ2v) is 7.26. The minimum Gasteiger partial charge on any atom is -0.207 e. The Kier molecular flexibility index (Phi) is 7.94. The van der Waals surface area contributed by atoms with Gasteiger partial charge in [0.1, 0.15) is 0 Å². The first-order valence-corrected chi connectivity index (χ1v) is 9.75. The van der Waals surface area contributed by atoms with E-state index in [1.54, 1.807) is 0 Å². The number of benzene rings is 1. The van der Waals surface area contributed by atoms with Crippen LogP contribution >= 0.6 is 0 Å². The fraction of sp³-hybridized carbons (Fsp3) is 0.636. The van der Waals surface area contributed by atoms with E-state index in [0.717, 1.165) is 6.42 Å². The SMILES string of the molecule is CCCCCCCCC=Cc1ccc(C2CCC(F)(F)CC2)cc1. The standard InChI is InChI=1S/C22H32F2/c1-2-3-4-5-6-7-8-9-10-19-11-13-20(14-12-19)21-15-17-22(23,24)18-16-21/h9-14,21H,2-8,15-18H2,1H3. The van der Waals surface area contributed by atoms with Crippen molar-refractivity contribution in [2.24, 2.45) is 0 Å². The molecule has 1 aliphatic carbocycles. The molecule has 2 rings (SSSR count). The normalized spacial score (nSPS) is 18.3. The fourth-order valence-corrected chi connectivity index (χ4v) is 3.51. The van der Waals surface area contributed by atoms with Gasteiger partial charge in [0.2, 0.25) is 5.92 Å². The van der Waals surface area contributed by atoms with E-state index in [0.29, 0.717) is 18.8 Å². The van der Waals surface area contributed by atoms with E-state index in [1.165, 1.54) is 49.7 Å². The monoisotopic (exact) mass is 334 g/mol. The molecule has 0 atom stereocenters. The quantitative estimate of drug-likeness (QED) is 0.405. The van der Waals surface area contributed by atoms with E-state index < -0.39 is 5.92 Å². The van der Waals surface area contributed by atoms with Crippen molar-refractivity contribution in [3.05, 3.63) is 41.5 Å². The molecule has 0 unspecified atom stereocenters. The molecule has 1 fully saturated rings. The number of alkyl halides is 2. The molecule has 0 N–H and O–H groups in total. The Hall–Kier alpha value is -1.18. The van der Waals surface area contributed by atoms with E-state index in [1.807, 2.05) is 0 Å². The molecule has 0 saturated heterocycles. The van der Waals surface area contributed by atoms with Gasteiger partial charge in [0.15, 0.2) is 0 Å². The van der Waals surface area contributed by atoms with Crippen LogP contribution in [-0.4, -0.2) is 5.92 Å². The number of unbranched alkanes of at least 4 members (excludes halogenated alkanes) is 6. The van der Waals surface area contributed by atoms with Crippen LogP contribution < -0.4 is 0 Å². The van der Waals surface area contributed by atoms with Crippen molar-refractivity contribution in [3.63, 3.8) is 0 Å². The van der Waals surface area contributed by atoms with E-state index in [2.05, 4.69) is 43.3 Å². The first-order valence-electron chi connectivity index (χ1n) is 9.75. The summed E-state index contributed by atoms with van der Waals surface area (Å²) in [6, 6.07) is 8.50. The topological polar surface area (TPSA) is 0 Å². The van der Waals surface area contributed by atoms with E-state index >= 15 is 0 Å². The third kappa shape index (κ3) is 6.75. The maximum atomic E-state index is 13.2. The summed E-state index contributed by atoms with van der Waals surface area (Å²) in [5.41, 5.74) is 2.43. The van der Waals surface area contributed by atoms with Crippen molar-refractivity contribution in [2.75, 3.05) is 0 Å². The Morgan fingerprint density at radius 2 is 1.58 bits per heavy atom. The van der Waals surface area contributed by atoms with Gasteiger partial charge in [0.25, 0.3) is 0 Å². The van der Waals surface area contributed by atoms with Gasteiger partial charge in [-0.3, -0.25) is 0 Å².